The number of rotatable bonds is 6. The zero-order valence-corrected chi connectivity index (χ0v) is 6.49. The van der Waals surface area contributed by atoms with Gasteiger partial charge in [0.1, 0.15) is 0 Å². The quantitative estimate of drug-likeness (QED) is 0.370. The Morgan fingerprint density at radius 1 is 1.50 bits per heavy atom. The molecule has 0 heterocycles. The van der Waals surface area contributed by atoms with E-state index in [4.69, 9.17) is 15.9 Å². The molecule has 0 aromatic carbocycles. The zero-order valence-electron chi connectivity index (χ0n) is 6.49. The minimum absolute atomic E-state index is 0.154. The molecular formula is C6H12N2O4. The fraction of sp³-hybridized carbons (Fsp3) is 0.667. The number of hydrogen-bond donors (Lipinski definition) is 4. The molecule has 0 rings (SSSR count). The second-order valence-electron chi connectivity index (χ2n) is 2.23. The molecule has 0 fully saturated rings. The van der Waals surface area contributed by atoms with Crippen LogP contribution in [0, 0.1) is 0 Å². The number of aliphatic hydroxyl groups is 1. The van der Waals surface area contributed by atoms with Crippen LogP contribution in [0.1, 0.15) is 6.42 Å². The van der Waals surface area contributed by atoms with Crippen molar-refractivity contribution < 1.29 is 19.8 Å². The average Bonchev–Trinajstić information content (AvgIpc) is 1.96. The van der Waals surface area contributed by atoms with E-state index >= 15 is 0 Å². The molecule has 0 bridgehead atoms. The van der Waals surface area contributed by atoms with Crippen LogP contribution in [0.3, 0.4) is 0 Å². The zero-order chi connectivity index (χ0) is 9.56. The molecule has 5 N–H and O–H groups in total. The second kappa shape index (κ2) is 5.50. The number of carbonyl (C=O) groups is 2. The maximum atomic E-state index is 10.6. The normalized spacial score (nSPS) is 12.4. The highest BCUT2D eigenvalue weighted by Gasteiger charge is 2.17. The van der Waals surface area contributed by atoms with Crippen LogP contribution in [0.2, 0.25) is 0 Å². The summed E-state index contributed by atoms with van der Waals surface area (Å²) in [7, 11) is 0. The number of aliphatic hydroxyl groups excluding tert-OH is 1. The fourth-order valence-corrected chi connectivity index (χ4v) is 0.687. The Labute approximate surface area is 69.4 Å². The van der Waals surface area contributed by atoms with Crippen molar-refractivity contribution in [2.75, 3.05) is 13.2 Å². The Kier molecular flexibility index (Phi) is 4.98. The van der Waals surface area contributed by atoms with Crippen LogP contribution in [0.4, 0.5) is 0 Å². The van der Waals surface area contributed by atoms with Gasteiger partial charge in [-0.1, -0.05) is 0 Å². The number of aliphatic carboxylic acids is 1. The lowest BCUT2D eigenvalue weighted by molar-refractivity contribution is -0.139. The van der Waals surface area contributed by atoms with Crippen molar-refractivity contribution in [3.05, 3.63) is 0 Å². The number of nitrogens with one attached hydrogen (secondary N) is 1. The molecule has 70 valence electrons. The molecule has 12 heavy (non-hydrogen) atoms. The molecular weight excluding hydrogens is 164 g/mol. The first-order valence-corrected chi connectivity index (χ1v) is 3.43. The van der Waals surface area contributed by atoms with Gasteiger partial charge < -0.3 is 21.3 Å². The third-order valence-corrected chi connectivity index (χ3v) is 1.22. The van der Waals surface area contributed by atoms with Crippen molar-refractivity contribution in [2.24, 2.45) is 5.73 Å². The van der Waals surface area contributed by atoms with Gasteiger partial charge in [0.15, 0.2) is 0 Å². The number of carboxylic acids is 1. The van der Waals surface area contributed by atoms with Gasteiger partial charge in [-0.25, -0.2) is 0 Å². The number of hydrogen-bond acceptors (Lipinski definition) is 4. The summed E-state index contributed by atoms with van der Waals surface area (Å²) in [6.45, 7) is -0.00964. The van der Waals surface area contributed by atoms with Gasteiger partial charge >= 0.3 is 5.97 Å². The molecule has 6 heteroatoms. The molecule has 1 atom stereocenters. The second-order valence-corrected chi connectivity index (χ2v) is 2.23. The summed E-state index contributed by atoms with van der Waals surface area (Å²) in [6, 6.07) is -0.908. The van der Waals surface area contributed by atoms with Gasteiger partial charge in [-0.15, -0.1) is 0 Å². The van der Waals surface area contributed by atoms with Crippen molar-refractivity contribution in [1.29, 1.82) is 0 Å². The molecule has 0 aromatic heterocycles. The number of amides is 1. The van der Waals surface area contributed by atoms with E-state index in [-0.39, 0.29) is 19.6 Å². The molecule has 0 aliphatic rings. The molecule has 0 aliphatic heterocycles. The lowest BCUT2D eigenvalue weighted by Crippen LogP contribution is -2.43. The predicted molar refractivity (Wildman–Crippen MR) is 40.3 cm³/mol. The van der Waals surface area contributed by atoms with Crippen LogP contribution in [-0.2, 0) is 9.59 Å². The van der Waals surface area contributed by atoms with Gasteiger partial charge in [0.25, 0.3) is 0 Å². The smallest absolute Gasteiger partial charge is 0.305 e. The molecule has 0 aliphatic carbocycles. The predicted octanol–water partition coefficient (Wildman–Crippen LogP) is -2.10. The van der Waals surface area contributed by atoms with Gasteiger partial charge in [0, 0.05) is 6.54 Å². The number of nitrogens with two attached hydrogens (primary N) is 1. The monoisotopic (exact) mass is 176 g/mol. The van der Waals surface area contributed by atoms with Crippen molar-refractivity contribution in [2.45, 2.75) is 12.5 Å². The van der Waals surface area contributed by atoms with Gasteiger partial charge in [-0.3, -0.25) is 9.59 Å². The third-order valence-electron chi connectivity index (χ3n) is 1.22. The third kappa shape index (κ3) is 4.64. The average molecular weight is 176 g/mol. The first-order chi connectivity index (χ1) is 5.57. The Morgan fingerprint density at radius 3 is 2.42 bits per heavy atom. The van der Waals surface area contributed by atoms with Gasteiger partial charge in [-0.05, 0) is 0 Å². The van der Waals surface area contributed by atoms with E-state index in [1.54, 1.807) is 0 Å². The van der Waals surface area contributed by atoms with Crippen molar-refractivity contribution >= 4 is 11.9 Å². The van der Waals surface area contributed by atoms with E-state index in [0.29, 0.717) is 0 Å². The first kappa shape index (κ1) is 10.9. The molecule has 0 saturated carbocycles. The van der Waals surface area contributed by atoms with E-state index in [1.807, 2.05) is 0 Å². The SMILES string of the molecule is NC(=O)C(CC(=O)O)NCCO. The summed E-state index contributed by atoms with van der Waals surface area (Å²) in [5.41, 5.74) is 4.88. The molecule has 0 radical (unpaired) electrons. The molecule has 0 spiro atoms. The van der Waals surface area contributed by atoms with E-state index in [1.165, 1.54) is 0 Å². The Balaban J connectivity index is 3.87. The van der Waals surface area contributed by atoms with Crippen LogP contribution in [0.25, 0.3) is 0 Å². The molecule has 0 aromatic rings. The summed E-state index contributed by atoms with van der Waals surface area (Å²) >= 11 is 0. The van der Waals surface area contributed by atoms with Crippen LogP contribution < -0.4 is 11.1 Å². The van der Waals surface area contributed by atoms with Crippen molar-refractivity contribution in [1.82, 2.24) is 5.32 Å². The van der Waals surface area contributed by atoms with Crippen molar-refractivity contribution in [3.63, 3.8) is 0 Å². The maximum absolute atomic E-state index is 10.6. The summed E-state index contributed by atoms with van der Waals surface area (Å²) in [4.78, 5) is 20.7. The highest BCUT2D eigenvalue weighted by molar-refractivity contribution is 5.84. The summed E-state index contributed by atoms with van der Waals surface area (Å²) in [5, 5.41) is 19.2. The highest BCUT2D eigenvalue weighted by atomic mass is 16.4. The van der Waals surface area contributed by atoms with Gasteiger partial charge in [0.05, 0.1) is 19.1 Å². The lowest BCUT2D eigenvalue weighted by atomic mass is 10.2. The summed E-state index contributed by atoms with van der Waals surface area (Å²) < 4.78 is 0. The Hall–Kier alpha value is -1.14. The minimum atomic E-state index is -1.11. The Bertz CT molecular complexity index is 171. The number of carboxylic acid groups (broad SMARTS) is 1. The van der Waals surface area contributed by atoms with Crippen LogP contribution in [0.5, 0.6) is 0 Å². The van der Waals surface area contributed by atoms with Crippen LogP contribution in [-0.4, -0.2) is 41.3 Å². The minimum Gasteiger partial charge on any atom is -0.481 e. The number of carbonyl (C=O) groups excluding carboxylic acids is 1. The molecule has 0 saturated heterocycles. The van der Waals surface area contributed by atoms with E-state index in [0.717, 1.165) is 0 Å². The van der Waals surface area contributed by atoms with E-state index < -0.39 is 17.9 Å². The van der Waals surface area contributed by atoms with Gasteiger partial charge in [-0.2, -0.15) is 0 Å². The van der Waals surface area contributed by atoms with E-state index in [2.05, 4.69) is 5.32 Å². The fourth-order valence-electron chi connectivity index (χ4n) is 0.687. The van der Waals surface area contributed by atoms with Crippen molar-refractivity contribution in [3.8, 4) is 0 Å². The molecule has 1 unspecified atom stereocenters. The topological polar surface area (TPSA) is 113 Å². The highest BCUT2D eigenvalue weighted by Crippen LogP contribution is 1.89. The van der Waals surface area contributed by atoms with E-state index in [9.17, 15) is 9.59 Å². The molecule has 1 amide bonds. The first-order valence-electron chi connectivity index (χ1n) is 3.43. The molecule has 6 nitrogen and oxygen atoms in total. The number of primary amides is 1. The maximum Gasteiger partial charge on any atom is 0.305 e. The standard InChI is InChI=1S/C6H12N2O4/c7-6(12)4(3-5(10)11)8-1-2-9/h4,8-9H,1-3H2,(H2,7,12)(H,10,11). The largest absolute Gasteiger partial charge is 0.481 e. The lowest BCUT2D eigenvalue weighted by Gasteiger charge is -2.11. The van der Waals surface area contributed by atoms with Crippen LogP contribution >= 0.6 is 0 Å². The van der Waals surface area contributed by atoms with Crippen LogP contribution in [0.15, 0.2) is 0 Å². The summed E-state index contributed by atoms with van der Waals surface area (Å²) in [6.07, 6.45) is -0.366. The Morgan fingerprint density at radius 2 is 2.08 bits per heavy atom. The van der Waals surface area contributed by atoms with Gasteiger partial charge in [0.2, 0.25) is 5.91 Å². The summed E-state index contributed by atoms with van der Waals surface area (Å²) in [5.74, 6) is -1.84.